The Bertz CT molecular complexity index is 848. The lowest BCUT2D eigenvalue weighted by Crippen LogP contribution is -2.43. The monoisotopic (exact) mass is 398 g/mol. The Morgan fingerprint density at radius 2 is 1.93 bits per heavy atom. The van der Waals surface area contributed by atoms with Crippen molar-refractivity contribution in [2.75, 3.05) is 19.6 Å². The first-order valence-electron chi connectivity index (χ1n) is 9.78. The number of carbonyl (C=O) groups excluding carboxylic acids is 2. The molecule has 0 spiro atoms. The highest BCUT2D eigenvalue weighted by Crippen LogP contribution is 2.19. The summed E-state index contributed by atoms with van der Waals surface area (Å²) in [6, 6.07) is 9.23. The number of aromatic nitrogens is 2. The van der Waals surface area contributed by atoms with Gasteiger partial charge in [-0.25, -0.2) is 0 Å². The normalized spacial score (nSPS) is 16.9. The Balaban J connectivity index is 1.61. The molecule has 1 aromatic heterocycles. The van der Waals surface area contributed by atoms with E-state index in [2.05, 4.69) is 5.10 Å². The molecular weight excluding hydrogens is 372 g/mol. The van der Waals surface area contributed by atoms with Crippen LogP contribution < -0.4 is 0 Å². The molecule has 8 heteroatoms. The maximum Gasteiger partial charge on any atom is 0.323 e. The maximum absolute atomic E-state index is 12.9. The summed E-state index contributed by atoms with van der Waals surface area (Å²) in [6.07, 6.45) is 5.63. The minimum atomic E-state index is -1.02. The third kappa shape index (κ3) is 5.43. The molecule has 0 bridgehead atoms. The highest BCUT2D eigenvalue weighted by Gasteiger charge is 2.27. The van der Waals surface area contributed by atoms with E-state index < -0.39 is 5.97 Å². The van der Waals surface area contributed by atoms with E-state index in [1.54, 1.807) is 11.1 Å². The van der Waals surface area contributed by atoms with Gasteiger partial charge >= 0.3 is 5.97 Å². The van der Waals surface area contributed by atoms with E-state index in [9.17, 15) is 14.4 Å². The molecule has 1 aliphatic rings. The van der Waals surface area contributed by atoms with Crippen molar-refractivity contribution in [2.24, 2.45) is 0 Å². The van der Waals surface area contributed by atoms with E-state index in [1.807, 2.05) is 41.2 Å². The molecule has 2 amide bonds. The fraction of sp³-hybridized carbons (Fsp3) is 0.429. The van der Waals surface area contributed by atoms with Crippen molar-refractivity contribution in [3.63, 3.8) is 0 Å². The van der Waals surface area contributed by atoms with Gasteiger partial charge in [-0.15, -0.1) is 0 Å². The molecule has 1 N–H and O–H groups in total. The molecule has 29 heavy (non-hydrogen) atoms. The summed E-state index contributed by atoms with van der Waals surface area (Å²) in [5.74, 6) is -1.30. The lowest BCUT2D eigenvalue weighted by Gasteiger charge is -2.28. The number of carboxylic acid groups (broad SMARTS) is 1. The molecule has 0 aliphatic carbocycles. The van der Waals surface area contributed by atoms with Gasteiger partial charge in [0.25, 0.3) is 5.91 Å². The van der Waals surface area contributed by atoms with Gasteiger partial charge in [0, 0.05) is 44.0 Å². The van der Waals surface area contributed by atoms with Crippen molar-refractivity contribution >= 4 is 17.8 Å². The molecule has 2 aromatic rings. The zero-order valence-electron chi connectivity index (χ0n) is 16.5. The average molecular weight is 398 g/mol. The molecule has 154 valence electrons. The van der Waals surface area contributed by atoms with Gasteiger partial charge < -0.3 is 14.9 Å². The van der Waals surface area contributed by atoms with Crippen LogP contribution >= 0.6 is 0 Å². The summed E-state index contributed by atoms with van der Waals surface area (Å²) in [7, 11) is 0. The standard InChI is InChI=1S/C21H26N4O4/c1-16(26)25(15-20(27)28)19-4-2-11-23(13-9-19)21(29)18-7-5-17(6-8-18)14-24-12-3-10-22-24/h3,5-8,10,12,19H,2,4,9,11,13-15H2,1H3,(H,27,28). The van der Waals surface area contributed by atoms with Crippen molar-refractivity contribution in [1.29, 1.82) is 0 Å². The summed E-state index contributed by atoms with van der Waals surface area (Å²) < 4.78 is 1.82. The largest absolute Gasteiger partial charge is 0.480 e. The lowest BCUT2D eigenvalue weighted by molar-refractivity contribution is -0.145. The number of nitrogens with zero attached hydrogens (tertiary/aromatic N) is 4. The molecule has 3 rings (SSSR count). The van der Waals surface area contributed by atoms with Gasteiger partial charge in [0.15, 0.2) is 0 Å². The van der Waals surface area contributed by atoms with Crippen molar-refractivity contribution < 1.29 is 19.5 Å². The van der Waals surface area contributed by atoms with Crippen LogP contribution in [0.3, 0.4) is 0 Å². The quantitative estimate of drug-likeness (QED) is 0.801. The molecule has 1 fully saturated rings. The van der Waals surface area contributed by atoms with Gasteiger partial charge in [0.1, 0.15) is 6.54 Å². The molecule has 8 nitrogen and oxygen atoms in total. The first-order valence-corrected chi connectivity index (χ1v) is 9.78. The zero-order chi connectivity index (χ0) is 20.8. The summed E-state index contributed by atoms with van der Waals surface area (Å²) in [4.78, 5) is 39.0. The molecule has 0 radical (unpaired) electrons. The summed E-state index contributed by atoms with van der Waals surface area (Å²) in [5.41, 5.74) is 1.69. The van der Waals surface area contributed by atoms with Crippen molar-refractivity contribution in [3.05, 3.63) is 53.9 Å². The van der Waals surface area contributed by atoms with E-state index in [4.69, 9.17) is 5.11 Å². The Labute approximate surface area is 169 Å². The predicted molar refractivity (Wildman–Crippen MR) is 106 cm³/mol. The van der Waals surface area contributed by atoms with Crippen LogP contribution in [0.4, 0.5) is 0 Å². The van der Waals surface area contributed by atoms with Gasteiger partial charge in [-0.3, -0.25) is 19.1 Å². The Kier molecular flexibility index (Phi) is 6.64. The fourth-order valence-corrected chi connectivity index (χ4v) is 3.75. The van der Waals surface area contributed by atoms with Crippen LogP contribution in [0.2, 0.25) is 0 Å². The molecule has 0 saturated carbocycles. The van der Waals surface area contributed by atoms with Crippen LogP contribution in [0.15, 0.2) is 42.7 Å². The maximum atomic E-state index is 12.9. The number of hydrogen-bond acceptors (Lipinski definition) is 4. The van der Waals surface area contributed by atoms with E-state index in [-0.39, 0.29) is 24.4 Å². The Morgan fingerprint density at radius 1 is 1.17 bits per heavy atom. The van der Waals surface area contributed by atoms with Gasteiger partial charge in [0.05, 0.1) is 6.54 Å². The number of amides is 2. The first-order chi connectivity index (χ1) is 13.9. The zero-order valence-corrected chi connectivity index (χ0v) is 16.5. The van der Waals surface area contributed by atoms with Crippen LogP contribution in [0.5, 0.6) is 0 Å². The summed E-state index contributed by atoms with van der Waals surface area (Å²) in [6.45, 7) is 2.84. The highest BCUT2D eigenvalue weighted by atomic mass is 16.4. The van der Waals surface area contributed by atoms with Crippen molar-refractivity contribution in [2.45, 2.75) is 38.8 Å². The van der Waals surface area contributed by atoms with Crippen LogP contribution in [0.25, 0.3) is 0 Å². The van der Waals surface area contributed by atoms with E-state index in [0.29, 0.717) is 38.0 Å². The van der Waals surface area contributed by atoms with Crippen molar-refractivity contribution in [3.8, 4) is 0 Å². The number of likely N-dealkylation sites (tertiary alicyclic amines) is 1. The lowest BCUT2D eigenvalue weighted by atomic mass is 10.1. The van der Waals surface area contributed by atoms with Crippen LogP contribution in [0.1, 0.15) is 42.1 Å². The average Bonchev–Trinajstić information content (AvgIpc) is 3.08. The summed E-state index contributed by atoms with van der Waals surface area (Å²) in [5, 5.41) is 13.2. The Hall–Kier alpha value is -3.16. The minimum absolute atomic E-state index is 0.0381. The topological polar surface area (TPSA) is 95.7 Å². The number of carbonyl (C=O) groups is 3. The predicted octanol–water partition coefficient (Wildman–Crippen LogP) is 1.86. The summed E-state index contributed by atoms with van der Waals surface area (Å²) >= 11 is 0. The molecule has 1 saturated heterocycles. The smallest absolute Gasteiger partial charge is 0.323 e. The molecular formula is C21H26N4O4. The second-order valence-corrected chi connectivity index (χ2v) is 7.32. The number of rotatable bonds is 6. The van der Waals surface area contributed by atoms with Crippen molar-refractivity contribution in [1.82, 2.24) is 19.6 Å². The highest BCUT2D eigenvalue weighted by molar-refractivity contribution is 5.94. The molecule has 1 aliphatic heterocycles. The van der Waals surface area contributed by atoms with Crippen LogP contribution in [-0.2, 0) is 16.1 Å². The first kappa shape index (κ1) is 20.6. The van der Waals surface area contributed by atoms with E-state index in [1.165, 1.54) is 11.8 Å². The minimum Gasteiger partial charge on any atom is -0.480 e. The SMILES string of the molecule is CC(=O)N(CC(=O)O)C1CCCN(C(=O)c2ccc(Cn3cccn3)cc2)CC1. The van der Waals surface area contributed by atoms with Gasteiger partial charge in [0.2, 0.25) is 5.91 Å². The fourth-order valence-electron chi connectivity index (χ4n) is 3.75. The van der Waals surface area contributed by atoms with Gasteiger partial charge in [-0.05, 0) is 43.0 Å². The number of carboxylic acids is 1. The third-order valence-corrected chi connectivity index (χ3v) is 5.24. The number of hydrogen-bond donors (Lipinski definition) is 1. The van der Waals surface area contributed by atoms with Crippen LogP contribution in [0, 0.1) is 0 Å². The number of aliphatic carboxylic acids is 1. The van der Waals surface area contributed by atoms with Crippen LogP contribution in [-0.4, -0.2) is 68.1 Å². The molecule has 2 heterocycles. The second kappa shape index (κ2) is 9.36. The third-order valence-electron chi connectivity index (χ3n) is 5.24. The van der Waals surface area contributed by atoms with E-state index >= 15 is 0 Å². The number of benzene rings is 1. The molecule has 1 atom stereocenters. The molecule has 1 unspecified atom stereocenters. The van der Waals surface area contributed by atoms with Gasteiger partial charge in [-0.2, -0.15) is 5.10 Å². The van der Waals surface area contributed by atoms with E-state index in [0.717, 1.165) is 12.0 Å². The molecule has 1 aromatic carbocycles. The van der Waals surface area contributed by atoms with Gasteiger partial charge in [-0.1, -0.05) is 12.1 Å². The Morgan fingerprint density at radius 3 is 2.55 bits per heavy atom. The second-order valence-electron chi connectivity index (χ2n) is 7.32.